The smallest absolute Gasteiger partial charge is 0.0494 e. The van der Waals surface area contributed by atoms with Gasteiger partial charge in [-0.2, -0.15) is 0 Å². The first-order chi connectivity index (χ1) is 12.0. The van der Waals surface area contributed by atoms with E-state index in [4.69, 9.17) is 4.74 Å². The normalized spacial score (nSPS) is 47.8. The van der Waals surface area contributed by atoms with Crippen LogP contribution in [0.5, 0.6) is 0 Å². The van der Waals surface area contributed by atoms with E-state index in [1.165, 1.54) is 51.4 Å². The van der Waals surface area contributed by atoms with Crippen LogP contribution in [0.2, 0.25) is 0 Å². The molecular weight excluding hydrogens is 304 g/mol. The lowest BCUT2D eigenvalue weighted by Crippen LogP contribution is -2.47. The summed E-state index contributed by atoms with van der Waals surface area (Å²) >= 11 is 0. The lowest BCUT2D eigenvalue weighted by Gasteiger charge is -2.56. The lowest BCUT2D eigenvalue weighted by molar-refractivity contribution is 0.00560. The Morgan fingerprint density at radius 3 is 2.76 bits per heavy atom. The molecule has 1 heteroatoms. The second kappa shape index (κ2) is 6.55. The third-order valence-electron chi connectivity index (χ3n) is 8.89. The minimum absolute atomic E-state index is 0.471. The standard InChI is InChI=1S/C24H38O/c1-5-18-8-10-21-20-9-7-19-15-17(16-25-6-2)11-13-24(19,4)22(20)12-14-23(18,21)3/h5,12,17,19-21H,6-11,13-16H2,1-4H3/b18-5-. The molecule has 3 saturated carbocycles. The average molecular weight is 343 g/mol. The molecule has 140 valence electrons. The summed E-state index contributed by atoms with van der Waals surface area (Å²) in [7, 11) is 0. The largest absolute Gasteiger partial charge is 0.381 e. The van der Waals surface area contributed by atoms with E-state index in [1.807, 2.05) is 5.57 Å². The molecule has 4 aliphatic carbocycles. The molecule has 0 bridgehead atoms. The third kappa shape index (κ3) is 2.68. The Bertz CT molecular complexity index is 573. The molecule has 0 aliphatic heterocycles. The monoisotopic (exact) mass is 342 g/mol. The van der Waals surface area contributed by atoms with E-state index in [1.54, 1.807) is 5.57 Å². The van der Waals surface area contributed by atoms with Gasteiger partial charge in [0, 0.05) is 13.2 Å². The van der Waals surface area contributed by atoms with E-state index in [0.29, 0.717) is 10.8 Å². The van der Waals surface area contributed by atoms with Gasteiger partial charge in [0.15, 0.2) is 0 Å². The number of rotatable bonds is 3. The molecule has 0 radical (unpaired) electrons. The Balaban J connectivity index is 1.57. The van der Waals surface area contributed by atoms with E-state index in [-0.39, 0.29) is 0 Å². The van der Waals surface area contributed by atoms with E-state index in [0.717, 1.165) is 36.9 Å². The van der Waals surface area contributed by atoms with Gasteiger partial charge in [-0.05, 0) is 99.7 Å². The Morgan fingerprint density at radius 2 is 2.00 bits per heavy atom. The van der Waals surface area contributed by atoms with Crippen LogP contribution in [0.25, 0.3) is 0 Å². The zero-order valence-electron chi connectivity index (χ0n) is 16.9. The number of hydrogen-bond donors (Lipinski definition) is 0. The number of ether oxygens (including phenoxy) is 1. The van der Waals surface area contributed by atoms with Crippen molar-refractivity contribution < 1.29 is 4.74 Å². The lowest BCUT2D eigenvalue weighted by atomic mass is 9.48. The molecule has 0 N–H and O–H groups in total. The Hall–Kier alpha value is -0.560. The molecule has 4 rings (SSSR count). The first-order valence-electron chi connectivity index (χ1n) is 11.0. The fourth-order valence-corrected chi connectivity index (χ4v) is 7.38. The van der Waals surface area contributed by atoms with Crippen molar-refractivity contribution in [2.75, 3.05) is 13.2 Å². The van der Waals surface area contributed by atoms with Gasteiger partial charge in [0.05, 0.1) is 0 Å². The molecule has 0 heterocycles. The van der Waals surface area contributed by atoms with Crippen molar-refractivity contribution in [3.63, 3.8) is 0 Å². The Kier molecular flexibility index (Phi) is 4.67. The second-order valence-electron chi connectivity index (χ2n) is 9.84. The van der Waals surface area contributed by atoms with E-state index in [9.17, 15) is 0 Å². The highest BCUT2D eigenvalue weighted by Crippen LogP contribution is 2.65. The van der Waals surface area contributed by atoms with Crippen LogP contribution in [0.1, 0.15) is 79.1 Å². The first kappa shape index (κ1) is 17.8. The van der Waals surface area contributed by atoms with Crippen LogP contribution < -0.4 is 0 Å². The summed E-state index contributed by atoms with van der Waals surface area (Å²) < 4.78 is 5.77. The van der Waals surface area contributed by atoms with E-state index < -0.39 is 0 Å². The first-order valence-corrected chi connectivity index (χ1v) is 11.0. The zero-order chi connectivity index (χ0) is 17.7. The zero-order valence-corrected chi connectivity index (χ0v) is 16.9. The summed E-state index contributed by atoms with van der Waals surface area (Å²) in [6.45, 7) is 11.5. The van der Waals surface area contributed by atoms with Crippen LogP contribution >= 0.6 is 0 Å². The van der Waals surface area contributed by atoms with Gasteiger partial charge >= 0.3 is 0 Å². The highest BCUT2D eigenvalue weighted by molar-refractivity contribution is 5.34. The molecule has 0 amide bonds. The number of hydrogen-bond acceptors (Lipinski definition) is 1. The van der Waals surface area contributed by atoms with Crippen LogP contribution in [0.15, 0.2) is 23.3 Å². The van der Waals surface area contributed by atoms with Crippen molar-refractivity contribution in [1.29, 1.82) is 0 Å². The van der Waals surface area contributed by atoms with Gasteiger partial charge in [0.1, 0.15) is 0 Å². The van der Waals surface area contributed by atoms with Gasteiger partial charge < -0.3 is 4.74 Å². The molecule has 0 spiro atoms. The van der Waals surface area contributed by atoms with Crippen LogP contribution in [-0.4, -0.2) is 13.2 Å². The fraction of sp³-hybridized carbons (Fsp3) is 0.833. The maximum absolute atomic E-state index is 5.77. The summed E-state index contributed by atoms with van der Waals surface area (Å²) in [6.07, 6.45) is 16.3. The molecular formula is C24H38O. The highest BCUT2D eigenvalue weighted by atomic mass is 16.5. The minimum atomic E-state index is 0.471. The third-order valence-corrected chi connectivity index (χ3v) is 8.89. The maximum atomic E-state index is 5.77. The summed E-state index contributed by atoms with van der Waals surface area (Å²) in [5.74, 6) is 3.50. The van der Waals surface area contributed by atoms with E-state index >= 15 is 0 Å². The predicted molar refractivity (Wildman–Crippen MR) is 105 cm³/mol. The Labute approximate surface area is 155 Å². The number of allylic oxidation sites excluding steroid dienone is 4. The molecule has 25 heavy (non-hydrogen) atoms. The van der Waals surface area contributed by atoms with Crippen LogP contribution in [0.3, 0.4) is 0 Å². The molecule has 0 saturated heterocycles. The van der Waals surface area contributed by atoms with Crippen LogP contribution in [-0.2, 0) is 4.74 Å². The predicted octanol–water partition coefficient (Wildman–Crippen LogP) is 6.55. The summed E-state index contributed by atoms with van der Waals surface area (Å²) in [5.41, 5.74) is 4.60. The van der Waals surface area contributed by atoms with Gasteiger partial charge in [0.25, 0.3) is 0 Å². The molecule has 0 aromatic carbocycles. The Morgan fingerprint density at radius 1 is 1.16 bits per heavy atom. The number of fused-ring (bicyclic) bond motifs is 5. The quantitative estimate of drug-likeness (QED) is 0.528. The van der Waals surface area contributed by atoms with Crippen molar-refractivity contribution in [1.82, 2.24) is 0 Å². The summed E-state index contributed by atoms with van der Waals surface area (Å²) in [5, 5.41) is 0. The van der Waals surface area contributed by atoms with Crippen molar-refractivity contribution in [3.05, 3.63) is 23.3 Å². The van der Waals surface area contributed by atoms with Crippen molar-refractivity contribution >= 4 is 0 Å². The van der Waals surface area contributed by atoms with E-state index in [2.05, 4.69) is 39.8 Å². The van der Waals surface area contributed by atoms with Gasteiger partial charge in [0.2, 0.25) is 0 Å². The van der Waals surface area contributed by atoms with Gasteiger partial charge in [-0.1, -0.05) is 37.1 Å². The van der Waals surface area contributed by atoms with Crippen molar-refractivity contribution in [2.24, 2.45) is 34.5 Å². The maximum Gasteiger partial charge on any atom is 0.0494 e. The van der Waals surface area contributed by atoms with Crippen molar-refractivity contribution in [2.45, 2.75) is 79.1 Å². The van der Waals surface area contributed by atoms with Crippen LogP contribution in [0.4, 0.5) is 0 Å². The molecule has 0 aromatic heterocycles. The average Bonchev–Trinajstić information content (AvgIpc) is 2.96. The molecule has 1 nitrogen and oxygen atoms in total. The molecule has 3 fully saturated rings. The molecule has 4 aliphatic rings. The summed E-state index contributed by atoms with van der Waals surface area (Å²) in [4.78, 5) is 0. The topological polar surface area (TPSA) is 9.23 Å². The molecule has 6 unspecified atom stereocenters. The fourth-order valence-electron chi connectivity index (χ4n) is 7.38. The van der Waals surface area contributed by atoms with Gasteiger partial charge in [-0.25, -0.2) is 0 Å². The van der Waals surface area contributed by atoms with Gasteiger partial charge in [-0.3, -0.25) is 0 Å². The summed E-state index contributed by atoms with van der Waals surface area (Å²) in [6, 6.07) is 0. The SMILES string of the molecule is C/C=C1/CCC2C3CCC4CC(COCC)CCC4(C)C3=CCC12C. The van der Waals surface area contributed by atoms with Crippen LogP contribution in [0, 0.1) is 34.5 Å². The van der Waals surface area contributed by atoms with Gasteiger partial charge in [-0.15, -0.1) is 0 Å². The minimum Gasteiger partial charge on any atom is -0.381 e. The highest BCUT2D eigenvalue weighted by Gasteiger charge is 2.55. The molecule has 6 atom stereocenters. The molecule has 0 aromatic rings. The second-order valence-corrected chi connectivity index (χ2v) is 9.84. The van der Waals surface area contributed by atoms with Crippen molar-refractivity contribution in [3.8, 4) is 0 Å².